The van der Waals surface area contributed by atoms with E-state index < -0.39 is 49.5 Å². The fourth-order valence-corrected chi connectivity index (χ4v) is 9.34. The lowest BCUT2D eigenvalue weighted by atomic mass is 9.99. The molecular weight excluding hydrogens is 815 g/mol. The average Bonchev–Trinajstić information content (AvgIpc) is 3.31. The van der Waals surface area contributed by atoms with Gasteiger partial charge < -0.3 is 40.3 Å². The molecule has 0 aromatic carbocycles. The van der Waals surface area contributed by atoms with Crippen molar-refractivity contribution in [3.05, 3.63) is 12.2 Å². The minimum atomic E-state index is -1.56. The molecule has 1 amide bonds. The van der Waals surface area contributed by atoms with Gasteiger partial charge in [0.15, 0.2) is 6.29 Å². The van der Waals surface area contributed by atoms with Crippen LogP contribution in [0.15, 0.2) is 12.2 Å². The van der Waals surface area contributed by atoms with Gasteiger partial charge in [-0.3, -0.25) is 4.79 Å². The Kier molecular flexibility index (Phi) is 44.5. The summed E-state index contributed by atoms with van der Waals surface area (Å²) in [6.45, 7) is 3.82. The zero-order chi connectivity index (χ0) is 47.3. The molecule has 1 rings (SSSR count). The molecule has 1 heterocycles. The lowest BCUT2D eigenvalue weighted by Gasteiger charge is -2.40. The molecule has 65 heavy (non-hydrogen) atoms. The van der Waals surface area contributed by atoms with E-state index in [4.69, 9.17) is 9.47 Å². The van der Waals surface area contributed by atoms with Gasteiger partial charge >= 0.3 is 0 Å². The van der Waals surface area contributed by atoms with Crippen molar-refractivity contribution in [1.29, 1.82) is 0 Å². The number of unbranched alkanes of at least 4 members (excludes halogenated alkanes) is 39. The fraction of sp³-hybridized carbons (Fsp3) is 0.946. The molecule has 1 fully saturated rings. The van der Waals surface area contributed by atoms with Crippen LogP contribution in [0.2, 0.25) is 0 Å². The van der Waals surface area contributed by atoms with Gasteiger partial charge in [0.25, 0.3) is 0 Å². The molecule has 0 bridgehead atoms. The number of ether oxygens (including phenoxy) is 2. The second-order valence-electron chi connectivity index (χ2n) is 20.1. The summed E-state index contributed by atoms with van der Waals surface area (Å²) in [6, 6.07) is -0.800. The van der Waals surface area contributed by atoms with Crippen LogP contribution in [0.5, 0.6) is 0 Å². The molecule has 0 aromatic rings. The summed E-state index contributed by atoms with van der Waals surface area (Å²) in [4.78, 5) is 13.0. The number of hydrogen-bond donors (Lipinski definition) is 6. The third-order valence-electron chi connectivity index (χ3n) is 13.9. The maximum absolute atomic E-state index is 13.0. The van der Waals surface area contributed by atoms with Crippen LogP contribution in [-0.4, -0.2) is 87.5 Å². The number of amides is 1. The largest absolute Gasteiger partial charge is 0.394 e. The molecule has 386 valence electrons. The van der Waals surface area contributed by atoms with Crippen molar-refractivity contribution in [3.8, 4) is 0 Å². The average molecular weight is 924 g/mol. The number of aliphatic hydroxyl groups excluding tert-OH is 5. The highest BCUT2D eigenvalue weighted by Gasteiger charge is 2.44. The molecule has 0 aromatic heterocycles. The van der Waals surface area contributed by atoms with Crippen molar-refractivity contribution in [2.45, 2.75) is 326 Å². The summed E-state index contributed by atoms with van der Waals surface area (Å²) in [5, 5.41) is 54.5. The maximum atomic E-state index is 13.0. The van der Waals surface area contributed by atoms with Crippen molar-refractivity contribution in [1.82, 2.24) is 5.32 Å². The first-order valence-electron chi connectivity index (χ1n) is 28.4. The third-order valence-corrected chi connectivity index (χ3v) is 13.9. The van der Waals surface area contributed by atoms with Gasteiger partial charge in [-0.25, -0.2) is 0 Å². The second kappa shape index (κ2) is 46.6. The van der Waals surface area contributed by atoms with Gasteiger partial charge in [-0.1, -0.05) is 270 Å². The van der Waals surface area contributed by atoms with E-state index in [0.717, 1.165) is 38.5 Å². The summed E-state index contributed by atoms with van der Waals surface area (Å²) >= 11 is 0. The molecule has 0 radical (unpaired) electrons. The summed E-state index contributed by atoms with van der Waals surface area (Å²) in [5.41, 5.74) is 0. The molecule has 0 saturated carbocycles. The Balaban J connectivity index is 2.21. The molecule has 9 heteroatoms. The normalized spacial score (nSPS) is 19.9. The third kappa shape index (κ3) is 36.6. The SMILES string of the molecule is CCCCCCCCCCCCCCCCCCCCCCCCCC/C=C/C(O)C(COC1OC(CO)C(O)C(O)C1O)NC(=O)CCCCCCCCCCCCCCCCCC. The Morgan fingerprint density at radius 3 is 1.20 bits per heavy atom. The van der Waals surface area contributed by atoms with Gasteiger partial charge in [0, 0.05) is 6.42 Å². The summed E-state index contributed by atoms with van der Waals surface area (Å²) < 4.78 is 11.3. The quantitative estimate of drug-likeness (QED) is 0.0261. The number of hydrogen-bond acceptors (Lipinski definition) is 8. The molecule has 1 saturated heterocycles. The molecule has 1 aliphatic rings. The Morgan fingerprint density at radius 2 is 0.846 bits per heavy atom. The highest BCUT2D eigenvalue weighted by Crippen LogP contribution is 2.23. The summed E-state index contributed by atoms with van der Waals surface area (Å²) in [5.74, 6) is -0.171. The number of carbonyl (C=O) groups is 1. The Morgan fingerprint density at radius 1 is 0.508 bits per heavy atom. The van der Waals surface area contributed by atoms with Crippen molar-refractivity contribution >= 4 is 5.91 Å². The van der Waals surface area contributed by atoms with Crippen LogP contribution in [-0.2, 0) is 14.3 Å². The number of rotatable bonds is 49. The molecule has 7 unspecified atom stereocenters. The van der Waals surface area contributed by atoms with Crippen molar-refractivity contribution in [3.63, 3.8) is 0 Å². The van der Waals surface area contributed by atoms with Gasteiger partial charge in [-0.2, -0.15) is 0 Å². The van der Waals surface area contributed by atoms with E-state index in [2.05, 4.69) is 19.2 Å². The van der Waals surface area contributed by atoms with Crippen LogP contribution in [0.3, 0.4) is 0 Å². The highest BCUT2D eigenvalue weighted by atomic mass is 16.7. The molecule has 1 aliphatic heterocycles. The molecule has 0 spiro atoms. The van der Waals surface area contributed by atoms with Crippen LogP contribution >= 0.6 is 0 Å². The van der Waals surface area contributed by atoms with Gasteiger partial charge in [0.05, 0.1) is 25.4 Å². The van der Waals surface area contributed by atoms with Crippen molar-refractivity contribution in [2.75, 3.05) is 13.2 Å². The Hall–Kier alpha value is -1.07. The first-order valence-corrected chi connectivity index (χ1v) is 28.4. The highest BCUT2D eigenvalue weighted by molar-refractivity contribution is 5.76. The standard InChI is InChI=1S/C56H109NO8/c1-3-5-7-9-11-13-15-17-19-21-22-23-24-25-26-27-28-29-30-31-33-35-37-39-41-43-45-50(59)49(48-64-56-55(63)54(62)53(61)51(47-58)65-56)57-52(60)46-44-42-40-38-36-34-32-20-18-16-14-12-10-8-6-4-2/h43,45,49-51,53-56,58-59,61-63H,3-42,44,46-48H2,1-2H3,(H,57,60)/b45-43+. The number of allylic oxidation sites excluding steroid dienone is 1. The van der Waals surface area contributed by atoms with Crippen LogP contribution < -0.4 is 5.32 Å². The second-order valence-corrected chi connectivity index (χ2v) is 20.1. The van der Waals surface area contributed by atoms with Gasteiger partial charge in [0.2, 0.25) is 5.91 Å². The number of carbonyl (C=O) groups excluding carboxylic acids is 1. The molecule has 0 aliphatic carbocycles. The van der Waals surface area contributed by atoms with Gasteiger partial charge in [0.1, 0.15) is 24.4 Å². The van der Waals surface area contributed by atoms with E-state index in [0.29, 0.717) is 6.42 Å². The van der Waals surface area contributed by atoms with E-state index in [1.165, 1.54) is 225 Å². The van der Waals surface area contributed by atoms with Crippen molar-refractivity contribution < 1.29 is 39.8 Å². The minimum Gasteiger partial charge on any atom is -0.394 e. The van der Waals surface area contributed by atoms with E-state index in [1.807, 2.05) is 6.08 Å². The zero-order valence-corrected chi connectivity index (χ0v) is 42.8. The summed E-state index contributed by atoms with van der Waals surface area (Å²) in [6.07, 6.45) is 49.9. The van der Waals surface area contributed by atoms with E-state index in [9.17, 15) is 30.3 Å². The molecule has 7 atom stereocenters. The number of nitrogens with one attached hydrogen (secondary N) is 1. The first kappa shape index (κ1) is 61.9. The number of aliphatic hydroxyl groups is 5. The monoisotopic (exact) mass is 924 g/mol. The lowest BCUT2D eigenvalue weighted by molar-refractivity contribution is -0.302. The van der Waals surface area contributed by atoms with Gasteiger partial charge in [-0.15, -0.1) is 0 Å². The molecule has 6 N–H and O–H groups in total. The van der Waals surface area contributed by atoms with Crippen LogP contribution in [0, 0.1) is 0 Å². The molecular formula is C56H109NO8. The van der Waals surface area contributed by atoms with E-state index in [-0.39, 0.29) is 12.5 Å². The molecule has 9 nitrogen and oxygen atoms in total. The summed E-state index contributed by atoms with van der Waals surface area (Å²) in [7, 11) is 0. The maximum Gasteiger partial charge on any atom is 0.220 e. The fourth-order valence-electron chi connectivity index (χ4n) is 9.34. The Labute approximate surface area is 401 Å². The van der Waals surface area contributed by atoms with Crippen molar-refractivity contribution in [2.24, 2.45) is 0 Å². The van der Waals surface area contributed by atoms with Crippen LogP contribution in [0.1, 0.15) is 284 Å². The zero-order valence-electron chi connectivity index (χ0n) is 42.8. The van der Waals surface area contributed by atoms with Crippen LogP contribution in [0.25, 0.3) is 0 Å². The minimum absolute atomic E-state index is 0.171. The predicted molar refractivity (Wildman–Crippen MR) is 272 cm³/mol. The predicted octanol–water partition coefficient (Wildman–Crippen LogP) is 13.6. The van der Waals surface area contributed by atoms with E-state index >= 15 is 0 Å². The van der Waals surface area contributed by atoms with Crippen LogP contribution in [0.4, 0.5) is 0 Å². The lowest BCUT2D eigenvalue weighted by Crippen LogP contribution is -2.60. The first-order chi connectivity index (χ1) is 31.8. The Bertz CT molecular complexity index is 1030. The topological polar surface area (TPSA) is 149 Å². The smallest absolute Gasteiger partial charge is 0.220 e. The van der Waals surface area contributed by atoms with Gasteiger partial charge in [-0.05, 0) is 19.3 Å². The van der Waals surface area contributed by atoms with E-state index in [1.54, 1.807) is 6.08 Å².